The van der Waals surface area contributed by atoms with E-state index in [2.05, 4.69) is 10.2 Å². The van der Waals surface area contributed by atoms with E-state index >= 15 is 0 Å². The number of fused-ring (bicyclic) bond motifs is 2. The van der Waals surface area contributed by atoms with Gasteiger partial charge in [0.2, 0.25) is 5.91 Å². The lowest BCUT2D eigenvalue weighted by Crippen LogP contribution is -2.59. The monoisotopic (exact) mass is 487 g/mol. The van der Waals surface area contributed by atoms with Crippen LogP contribution in [-0.2, 0) is 20.6 Å². The van der Waals surface area contributed by atoms with Crippen LogP contribution in [-0.4, -0.2) is 59.6 Å². The summed E-state index contributed by atoms with van der Waals surface area (Å²) in [6.45, 7) is -0.997. The minimum absolute atomic E-state index is 0.00602. The van der Waals surface area contributed by atoms with Crippen LogP contribution < -0.4 is 5.32 Å². The Morgan fingerprint density at radius 1 is 0.971 bits per heavy atom. The van der Waals surface area contributed by atoms with E-state index in [1.165, 1.54) is 30.3 Å². The lowest BCUT2D eigenvalue weighted by molar-refractivity contribution is -0.244. The average Bonchev–Trinajstić information content (AvgIpc) is 2.87. The summed E-state index contributed by atoms with van der Waals surface area (Å²) >= 11 is 0. The molecule has 0 radical (unpaired) electrons. The zero-order valence-corrected chi connectivity index (χ0v) is 17.0. The fourth-order valence-corrected chi connectivity index (χ4v) is 3.73. The predicted molar refractivity (Wildman–Crippen MR) is 104 cm³/mol. The molecule has 2 aliphatic rings. The second-order valence-electron chi connectivity index (χ2n) is 7.61. The van der Waals surface area contributed by atoms with Gasteiger partial charge in [0, 0.05) is 6.54 Å². The number of piperazine rings is 1. The molecule has 180 valence electrons. The molecule has 0 aromatic heterocycles. The molecule has 2 heterocycles. The van der Waals surface area contributed by atoms with Gasteiger partial charge in [0.05, 0.1) is 29.9 Å². The Morgan fingerprint density at radius 2 is 1.68 bits per heavy atom. The van der Waals surface area contributed by atoms with Crippen LogP contribution in [0.4, 0.5) is 32.0 Å². The van der Waals surface area contributed by atoms with Gasteiger partial charge in [0.25, 0.3) is 5.91 Å². The molecule has 1 atom stereocenters. The molecule has 0 unspecified atom stereocenters. The number of amides is 2. The van der Waals surface area contributed by atoms with Gasteiger partial charge in [0.15, 0.2) is 0 Å². The van der Waals surface area contributed by atoms with Gasteiger partial charge >= 0.3 is 18.3 Å². The highest BCUT2D eigenvalue weighted by Crippen LogP contribution is 2.34. The number of hydrogen-bond acceptors (Lipinski definition) is 5. The van der Waals surface area contributed by atoms with Crippen molar-refractivity contribution in [3.8, 4) is 11.1 Å². The van der Waals surface area contributed by atoms with Gasteiger partial charge in [-0.1, -0.05) is 18.2 Å². The summed E-state index contributed by atoms with van der Waals surface area (Å²) in [5.74, 6) is -3.81. The summed E-state index contributed by atoms with van der Waals surface area (Å²) in [4.78, 5) is 42.3. The Bertz CT molecular complexity index is 1160. The van der Waals surface area contributed by atoms with Crippen molar-refractivity contribution in [1.82, 2.24) is 9.96 Å². The number of carbonyl (C=O) groups excluding carboxylic acids is 3. The molecule has 1 N–H and O–H groups in total. The second-order valence-corrected chi connectivity index (χ2v) is 7.61. The summed E-state index contributed by atoms with van der Waals surface area (Å²) in [7, 11) is 0. The van der Waals surface area contributed by atoms with Crippen molar-refractivity contribution in [3.05, 3.63) is 53.6 Å². The zero-order chi connectivity index (χ0) is 24.8. The Labute approximate surface area is 187 Å². The Morgan fingerprint density at radius 3 is 2.35 bits per heavy atom. The third-order valence-corrected chi connectivity index (χ3v) is 5.38. The second kappa shape index (κ2) is 8.31. The van der Waals surface area contributed by atoms with Gasteiger partial charge in [-0.15, -0.1) is 5.06 Å². The lowest BCUT2D eigenvalue weighted by atomic mass is 9.99. The summed E-state index contributed by atoms with van der Waals surface area (Å²) in [5, 5.41) is 3.16. The molecule has 1 saturated heterocycles. The molecule has 1 fully saturated rings. The van der Waals surface area contributed by atoms with Crippen molar-refractivity contribution < 1.29 is 45.6 Å². The first kappa shape index (κ1) is 23.5. The van der Waals surface area contributed by atoms with Gasteiger partial charge in [-0.2, -0.15) is 26.3 Å². The van der Waals surface area contributed by atoms with Gasteiger partial charge < -0.3 is 15.1 Å². The molecule has 2 amide bonds. The molecule has 0 saturated carbocycles. The predicted octanol–water partition coefficient (Wildman–Crippen LogP) is 3.47. The number of rotatable bonds is 2. The van der Waals surface area contributed by atoms with Gasteiger partial charge in [-0.25, -0.2) is 4.79 Å². The molecular weight excluding hydrogens is 472 g/mol. The molecule has 7 nitrogen and oxygen atoms in total. The zero-order valence-electron chi connectivity index (χ0n) is 17.0. The van der Waals surface area contributed by atoms with Gasteiger partial charge in [-0.05, 0) is 35.4 Å². The molecule has 4 rings (SSSR count). The van der Waals surface area contributed by atoms with Crippen molar-refractivity contribution in [2.75, 3.05) is 25.0 Å². The number of hydroxylamine groups is 2. The Balaban J connectivity index is 1.61. The van der Waals surface area contributed by atoms with Crippen LogP contribution in [0, 0.1) is 0 Å². The fraction of sp³-hybridized carbons (Fsp3) is 0.286. The summed E-state index contributed by atoms with van der Waals surface area (Å²) in [6, 6.07) is 7.38. The molecule has 0 bridgehead atoms. The normalized spacial score (nSPS) is 19.1. The maximum Gasteiger partial charge on any atom is 0.492 e. The van der Waals surface area contributed by atoms with E-state index in [0.29, 0.717) is 10.6 Å². The lowest BCUT2D eigenvalue weighted by Gasteiger charge is -2.37. The summed E-state index contributed by atoms with van der Waals surface area (Å²) in [6.07, 6.45) is -9.79. The topological polar surface area (TPSA) is 79.0 Å². The van der Waals surface area contributed by atoms with Crippen molar-refractivity contribution in [3.63, 3.8) is 0 Å². The quantitative estimate of drug-likeness (QED) is 0.657. The maximum absolute atomic E-state index is 13.2. The number of benzene rings is 2. The van der Waals surface area contributed by atoms with Crippen molar-refractivity contribution in [2.24, 2.45) is 0 Å². The first-order chi connectivity index (χ1) is 15.8. The van der Waals surface area contributed by atoms with E-state index in [-0.39, 0.29) is 29.9 Å². The number of carbonyl (C=O) groups is 3. The third kappa shape index (κ3) is 4.55. The Kier molecular flexibility index (Phi) is 5.75. The van der Waals surface area contributed by atoms with E-state index in [4.69, 9.17) is 0 Å². The van der Waals surface area contributed by atoms with Crippen LogP contribution in [0.5, 0.6) is 0 Å². The molecule has 2 aliphatic heterocycles. The highest BCUT2D eigenvalue weighted by Gasteiger charge is 2.45. The van der Waals surface area contributed by atoms with E-state index < -0.39 is 48.3 Å². The van der Waals surface area contributed by atoms with E-state index in [1.54, 1.807) is 0 Å². The standard InChI is InChI=1S/C21H15F6N3O4/c22-20(23,24)13-3-1-2-11(8-13)12-4-5-15-14(9-12)18(32)30-7-6-29(10-16(30)17(31)28-15)34-19(33)21(25,26)27/h1-5,8-9,16H,6-7,10H2,(H,28,31)/t16-/m1/s1. The average molecular weight is 487 g/mol. The van der Waals surface area contributed by atoms with Crippen molar-refractivity contribution >= 4 is 23.5 Å². The van der Waals surface area contributed by atoms with Gasteiger partial charge in [-0.3, -0.25) is 9.59 Å². The van der Waals surface area contributed by atoms with E-state index in [1.807, 2.05) is 0 Å². The molecule has 0 aliphatic carbocycles. The number of nitrogens with zero attached hydrogens (tertiary/aromatic N) is 2. The molecule has 0 spiro atoms. The van der Waals surface area contributed by atoms with Crippen LogP contribution in [0.1, 0.15) is 15.9 Å². The highest BCUT2D eigenvalue weighted by atomic mass is 19.4. The smallest absolute Gasteiger partial charge is 0.361 e. The molecule has 34 heavy (non-hydrogen) atoms. The fourth-order valence-electron chi connectivity index (χ4n) is 3.73. The molecule has 2 aromatic rings. The number of hydrogen-bond donors (Lipinski definition) is 1. The van der Waals surface area contributed by atoms with Crippen LogP contribution >= 0.6 is 0 Å². The first-order valence-corrected chi connectivity index (χ1v) is 9.82. The van der Waals surface area contributed by atoms with Gasteiger partial charge in [0.1, 0.15) is 6.04 Å². The Hall–Kier alpha value is -3.61. The van der Waals surface area contributed by atoms with E-state index in [0.717, 1.165) is 17.0 Å². The number of halogens is 6. The first-order valence-electron chi connectivity index (χ1n) is 9.82. The molecular formula is C21H15F6N3O4. The number of alkyl halides is 6. The SMILES string of the molecule is O=C1Nc2ccc(-c3cccc(C(F)(F)F)c3)cc2C(=O)N2CCN(OC(=O)C(F)(F)F)C[C@H]12. The highest BCUT2D eigenvalue weighted by molar-refractivity contribution is 6.10. The maximum atomic E-state index is 13.2. The molecule has 13 heteroatoms. The largest absolute Gasteiger partial charge is 0.492 e. The van der Waals surface area contributed by atoms with Crippen LogP contribution in [0.3, 0.4) is 0 Å². The van der Waals surface area contributed by atoms with Crippen LogP contribution in [0.25, 0.3) is 11.1 Å². The minimum atomic E-state index is -5.23. The van der Waals surface area contributed by atoms with Crippen LogP contribution in [0.15, 0.2) is 42.5 Å². The minimum Gasteiger partial charge on any atom is -0.361 e. The van der Waals surface area contributed by atoms with E-state index in [9.17, 15) is 40.7 Å². The van der Waals surface area contributed by atoms with Crippen molar-refractivity contribution in [2.45, 2.75) is 18.4 Å². The summed E-state index contributed by atoms with van der Waals surface area (Å²) < 4.78 is 76.7. The molecule has 2 aromatic carbocycles. The summed E-state index contributed by atoms with van der Waals surface area (Å²) in [5.41, 5.74) is -0.278. The number of anilines is 1. The van der Waals surface area contributed by atoms with Crippen molar-refractivity contribution in [1.29, 1.82) is 0 Å². The number of nitrogens with one attached hydrogen (secondary N) is 1. The third-order valence-electron chi connectivity index (χ3n) is 5.38. The van der Waals surface area contributed by atoms with Crippen LogP contribution in [0.2, 0.25) is 0 Å².